The second-order valence-electron chi connectivity index (χ2n) is 4.39. The van der Waals surface area contributed by atoms with Gasteiger partial charge in [-0.05, 0) is 30.9 Å². The van der Waals surface area contributed by atoms with Crippen LogP contribution in [-0.4, -0.2) is 19.7 Å². The van der Waals surface area contributed by atoms with Crippen molar-refractivity contribution in [3.63, 3.8) is 0 Å². The maximum atomic E-state index is 11.8. The molecule has 1 aliphatic carbocycles. The molecule has 1 aliphatic rings. The first-order valence-electron chi connectivity index (χ1n) is 5.80. The van der Waals surface area contributed by atoms with E-state index in [0.717, 1.165) is 12.8 Å². The van der Waals surface area contributed by atoms with Crippen LogP contribution >= 0.6 is 0 Å². The zero-order valence-electron chi connectivity index (χ0n) is 9.94. The van der Waals surface area contributed by atoms with Gasteiger partial charge in [-0.15, -0.1) is 0 Å². The Balaban J connectivity index is 1.99. The van der Waals surface area contributed by atoms with Crippen molar-refractivity contribution >= 4 is 11.7 Å². The highest BCUT2D eigenvalue weighted by molar-refractivity contribution is 5.91. The van der Waals surface area contributed by atoms with Crippen molar-refractivity contribution in [3.8, 4) is 5.75 Å². The van der Waals surface area contributed by atoms with E-state index >= 15 is 0 Å². The van der Waals surface area contributed by atoms with Crippen molar-refractivity contribution in [1.29, 1.82) is 0 Å². The summed E-state index contributed by atoms with van der Waals surface area (Å²) in [7, 11) is 1.54. The highest BCUT2D eigenvalue weighted by atomic mass is 16.5. The summed E-state index contributed by atoms with van der Waals surface area (Å²) in [4.78, 5) is 11.8. The molecule has 17 heavy (non-hydrogen) atoms. The van der Waals surface area contributed by atoms with Crippen molar-refractivity contribution in [2.75, 3.05) is 19.5 Å². The largest absolute Gasteiger partial charge is 0.497 e. The Labute approximate surface area is 101 Å². The molecule has 0 heterocycles. The van der Waals surface area contributed by atoms with Gasteiger partial charge >= 0.3 is 5.97 Å². The Morgan fingerprint density at radius 2 is 2.18 bits per heavy atom. The molecule has 92 valence electrons. The molecule has 2 rings (SSSR count). The first kappa shape index (κ1) is 11.8. The zero-order valence-corrected chi connectivity index (χ0v) is 9.94. The Bertz CT molecular complexity index is 413. The van der Waals surface area contributed by atoms with E-state index < -0.39 is 0 Å². The lowest BCUT2D eigenvalue weighted by atomic mass is 9.86. The van der Waals surface area contributed by atoms with Gasteiger partial charge < -0.3 is 15.2 Å². The van der Waals surface area contributed by atoms with Crippen molar-refractivity contribution < 1.29 is 14.3 Å². The minimum Gasteiger partial charge on any atom is -0.497 e. The Morgan fingerprint density at radius 1 is 1.41 bits per heavy atom. The van der Waals surface area contributed by atoms with Crippen LogP contribution in [0, 0.1) is 5.92 Å². The normalized spacial score (nSPS) is 15.1. The Kier molecular flexibility index (Phi) is 3.52. The summed E-state index contributed by atoms with van der Waals surface area (Å²) < 4.78 is 10.3. The van der Waals surface area contributed by atoms with Gasteiger partial charge in [0.2, 0.25) is 0 Å². The summed E-state index contributed by atoms with van der Waals surface area (Å²) >= 11 is 0. The smallest absolute Gasteiger partial charge is 0.338 e. The molecule has 0 aliphatic heterocycles. The van der Waals surface area contributed by atoms with E-state index in [9.17, 15) is 4.79 Å². The predicted octanol–water partition coefficient (Wildman–Crippen LogP) is 2.23. The fraction of sp³-hybridized carbons (Fsp3) is 0.462. The van der Waals surface area contributed by atoms with Crippen LogP contribution < -0.4 is 10.5 Å². The number of carbonyl (C=O) groups is 1. The van der Waals surface area contributed by atoms with Gasteiger partial charge in [0, 0.05) is 11.8 Å². The number of hydrogen-bond acceptors (Lipinski definition) is 4. The van der Waals surface area contributed by atoms with Crippen LogP contribution in [0.4, 0.5) is 5.69 Å². The third-order valence-electron chi connectivity index (χ3n) is 3.08. The summed E-state index contributed by atoms with van der Waals surface area (Å²) in [6.45, 7) is 0.510. The van der Waals surface area contributed by atoms with Crippen LogP contribution in [-0.2, 0) is 4.74 Å². The van der Waals surface area contributed by atoms with E-state index in [0.29, 0.717) is 29.5 Å². The molecule has 0 spiro atoms. The summed E-state index contributed by atoms with van der Waals surface area (Å²) in [5, 5.41) is 0. The number of nitrogens with two attached hydrogens (primary N) is 1. The van der Waals surface area contributed by atoms with Gasteiger partial charge in [0.15, 0.2) is 0 Å². The molecular formula is C13H17NO3. The van der Waals surface area contributed by atoms with E-state index in [-0.39, 0.29) is 5.97 Å². The summed E-state index contributed by atoms with van der Waals surface area (Å²) in [6, 6.07) is 4.91. The molecule has 0 amide bonds. The second kappa shape index (κ2) is 5.08. The fourth-order valence-electron chi connectivity index (χ4n) is 1.79. The maximum absolute atomic E-state index is 11.8. The van der Waals surface area contributed by atoms with E-state index in [1.54, 1.807) is 18.2 Å². The molecule has 0 unspecified atom stereocenters. The van der Waals surface area contributed by atoms with Crippen LogP contribution in [0.1, 0.15) is 29.6 Å². The van der Waals surface area contributed by atoms with Crippen molar-refractivity contribution in [2.45, 2.75) is 19.3 Å². The highest BCUT2D eigenvalue weighted by Crippen LogP contribution is 2.27. The van der Waals surface area contributed by atoms with Crippen molar-refractivity contribution in [2.24, 2.45) is 5.92 Å². The van der Waals surface area contributed by atoms with Gasteiger partial charge in [0.1, 0.15) is 5.75 Å². The van der Waals surface area contributed by atoms with Crippen molar-refractivity contribution in [3.05, 3.63) is 23.8 Å². The van der Waals surface area contributed by atoms with Gasteiger partial charge in [-0.2, -0.15) is 0 Å². The zero-order chi connectivity index (χ0) is 12.3. The molecule has 4 heteroatoms. The Hall–Kier alpha value is -1.71. The third-order valence-corrected chi connectivity index (χ3v) is 3.08. The summed E-state index contributed by atoms with van der Waals surface area (Å²) in [6.07, 6.45) is 3.56. The molecule has 0 radical (unpaired) electrons. The first-order valence-corrected chi connectivity index (χ1v) is 5.80. The third kappa shape index (κ3) is 2.90. The highest BCUT2D eigenvalue weighted by Gasteiger charge is 2.20. The number of benzene rings is 1. The molecule has 0 bridgehead atoms. The standard InChI is InChI=1S/C13H17NO3/c1-16-12-6-10(5-11(14)7-12)13(15)17-8-9-3-2-4-9/h5-7,9H,2-4,8,14H2,1H3. The quantitative estimate of drug-likeness (QED) is 0.642. The lowest BCUT2D eigenvalue weighted by Crippen LogP contribution is -2.20. The second-order valence-corrected chi connectivity index (χ2v) is 4.39. The molecule has 0 atom stereocenters. The lowest BCUT2D eigenvalue weighted by Gasteiger charge is -2.24. The number of rotatable bonds is 4. The van der Waals surface area contributed by atoms with Gasteiger partial charge in [-0.25, -0.2) is 4.79 Å². The van der Waals surface area contributed by atoms with Gasteiger partial charge in [0.25, 0.3) is 0 Å². The van der Waals surface area contributed by atoms with E-state index in [1.807, 2.05) is 0 Å². The topological polar surface area (TPSA) is 61.5 Å². The molecule has 2 N–H and O–H groups in total. The van der Waals surface area contributed by atoms with Gasteiger partial charge in [-0.3, -0.25) is 0 Å². The fourth-order valence-corrected chi connectivity index (χ4v) is 1.79. The van der Waals surface area contributed by atoms with Crippen LogP contribution in [0.2, 0.25) is 0 Å². The number of carbonyl (C=O) groups excluding carboxylic acids is 1. The number of hydrogen-bond donors (Lipinski definition) is 1. The lowest BCUT2D eigenvalue weighted by molar-refractivity contribution is 0.0371. The number of ether oxygens (including phenoxy) is 2. The molecular weight excluding hydrogens is 218 g/mol. The van der Waals surface area contributed by atoms with E-state index in [1.165, 1.54) is 13.5 Å². The van der Waals surface area contributed by atoms with Crippen LogP contribution in [0.15, 0.2) is 18.2 Å². The number of methoxy groups -OCH3 is 1. The van der Waals surface area contributed by atoms with E-state index in [2.05, 4.69) is 0 Å². The molecule has 1 aromatic rings. The SMILES string of the molecule is COc1cc(N)cc(C(=O)OCC2CCC2)c1. The van der Waals surface area contributed by atoms with Crippen LogP contribution in [0.5, 0.6) is 5.75 Å². The molecule has 4 nitrogen and oxygen atoms in total. The van der Waals surface area contributed by atoms with Crippen LogP contribution in [0.25, 0.3) is 0 Å². The van der Waals surface area contributed by atoms with E-state index in [4.69, 9.17) is 15.2 Å². The Morgan fingerprint density at radius 3 is 2.76 bits per heavy atom. The minimum absolute atomic E-state index is 0.331. The summed E-state index contributed by atoms with van der Waals surface area (Å²) in [5.74, 6) is 0.782. The van der Waals surface area contributed by atoms with Crippen molar-refractivity contribution in [1.82, 2.24) is 0 Å². The average Bonchev–Trinajstić information content (AvgIpc) is 2.25. The molecule has 0 aromatic heterocycles. The van der Waals surface area contributed by atoms with Crippen LogP contribution in [0.3, 0.4) is 0 Å². The minimum atomic E-state index is -0.331. The predicted molar refractivity (Wildman–Crippen MR) is 65.0 cm³/mol. The number of esters is 1. The molecule has 1 saturated carbocycles. The maximum Gasteiger partial charge on any atom is 0.338 e. The molecule has 1 fully saturated rings. The van der Waals surface area contributed by atoms with Gasteiger partial charge in [-0.1, -0.05) is 6.42 Å². The number of anilines is 1. The van der Waals surface area contributed by atoms with Gasteiger partial charge in [0.05, 0.1) is 19.3 Å². The average molecular weight is 235 g/mol. The first-order chi connectivity index (χ1) is 8.19. The monoisotopic (exact) mass is 235 g/mol. The summed E-state index contributed by atoms with van der Waals surface area (Å²) in [5.41, 5.74) is 6.62. The molecule has 1 aromatic carbocycles. The molecule has 0 saturated heterocycles. The number of nitrogen functional groups attached to an aromatic ring is 1.